The number of sulfone groups is 1. The van der Waals surface area contributed by atoms with Crippen LogP contribution >= 0.6 is 0 Å². The Hall–Kier alpha value is -1.07. The fourth-order valence-corrected chi connectivity index (χ4v) is 3.93. The van der Waals surface area contributed by atoms with Crippen LogP contribution in [0.25, 0.3) is 0 Å². The van der Waals surface area contributed by atoms with Crippen LogP contribution in [0.3, 0.4) is 0 Å². The fourth-order valence-electron chi connectivity index (χ4n) is 2.10. The van der Waals surface area contributed by atoms with Crippen molar-refractivity contribution in [2.45, 2.75) is 39.5 Å². The summed E-state index contributed by atoms with van der Waals surface area (Å²) in [6.07, 6.45) is 0. The van der Waals surface area contributed by atoms with E-state index in [0.29, 0.717) is 17.9 Å². The maximum Gasteiger partial charge on any atom is 0.154 e. The predicted molar refractivity (Wildman–Crippen MR) is 82.5 cm³/mol. The van der Waals surface area contributed by atoms with Gasteiger partial charge >= 0.3 is 0 Å². The summed E-state index contributed by atoms with van der Waals surface area (Å²) in [6, 6.07) is 5.40. The van der Waals surface area contributed by atoms with E-state index in [0.717, 1.165) is 5.56 Å². The second-order valence-corrected chi connectivity index (χ2v) is 7.65. The SMILES string of the molecule is CCOc1ccc(C(C)N)cc1CS(=O)(=O)CC(C)C. The Labute approximate surface area is 122 Å². The largest absolute Gasteiger partial charge is 0.494 e. The molecule has 0 spiro atoms. The first-order chi connectivity index (χ1) is 9.25. The Balaban J connectivity index is 3.09. The Morgan fingerprint density at radius 3 is 2.40 bits per heavy atom. The molecule has 0 aromatic heterocycles. The van der Waals surface area contributed by atoms with E-state index in [9.17, 15) is 8.42 Å². The molecule has 0 heterocycles. The standard InChI is InChI=1S/C15H25NO3S/c1-5-19-15-7-6-13(12(4)16)8-14(15)10-20(17,18)9-11(2)3/h6-8,11-12H,5,9-10,16H2,1-4H3. The molecule has 0 bridgehead atoms. The lowest BCUT2D eigenvalue weighted by molar-refractivity contribution is 0.337. The summed E-state index contributed by atoms with van der Waals surface area (Å²) in [5.41, 5.74) is 7.48. The van der Waals surface area contributed by atoms with Crippen LogP contribution in [-0.2, 0) is 15.6 Å². The van der Waals surface area contributed by atoms with Gasteiger partial charge in [0.05, 0.1) is 18.1 Å². The summed E-state index contributed by atoms with van der Waals surface area (Å²) in [5, 5.41) is 0. The lowest BCUT2D eigenvalue weighted by Gasteiger charge is -2.15. The molecule has 0 radical (unpaired) electrons. The van der Waals surface area contributed by atoms with E-state index < -0.39 is 9.84 Å². The van der Waals surface area contributed by atoms with Crippen molar-refractivity contribution in [3.05, 3.63) is 29.3 Å². The van der Waals surface area contributed by atoms with Crippen molar-refractivity contribution in [2.75, 3.05) is 12.4 Å². The van der Waals surface area contributed by atoms with Gasteiger partial charge < -0.3 is 10.5 Å². The molecule has 1 unspecified atom stereocenters. The van der Waals surface area contributed by atoms with Crippen molar-refractivity contribution in [2.24, 2.45) is 11.7 Å². The molecule has 114 valence electrons. The molecule has 0 saturated heterocycles. The van der Waals surface area contributed by atoms with Crippen LogP contribution in [0.15, 0.2) is 18.2 Å². The lowest BCUT2D eigenvalue weighted by atomic mass is 10.1. The van der Waals surface area contributed by atoms with Crippen LogP contribution in [0, 0.1) is 5.92 Å². The maximum absolute atomic E-state index is 12.2. The second-order valence-electron chi connectivity index (χ2n) is 5.54. The minimum Gasteiger partial charge on any atom is -0.494 e. The van der Waals surface area contributed by atoms with Crippen LogP contribution in [0.2, 0.25) is 0 Å². The molecule has 2 N–H and O–H groups in total. The third-order valence-corrected chi connectivity index (χ3v) is 4.80. The van der Waals surface area contributed by atoms with Crippen LogP contribution < -0.4 is 10.5 Å². The Bertz CT molecular complexity index is 536. The summed E-state index contributed by atoms with van der Waals surface area (Å²) in [6.45, 7) is 8.07. The molecule has 0 saturated carbocycles. The van der Waals surface area contributed by atoms with Gasteiger partial charge in [-0.05, 0) is 37.5 Å². The molecule has 4 nitrogen and oxygen atoms in total. The van der Waals surface area contributed by atoms with E-state index in [-0.39, 0.29) is 23.5 Å². The van der Waals surface area contributed by atoms with E-state index in [2.05, 4.69) is 0 Å². The number of hydrogen-bond donors (Lipinski definition) is 1. The van der Waals surface area contributed by atoms with E-state index in [1.165, 1.54) is 0 Å². The molecule has 0 aliphatic heterocycles. The molecular formula is C15H25NO3S. The molecule has 1 atom stereocenters. The van der Waals surface area contributed by atoms with Crippen molar-refractivity contribution < 1.29 is 13.2 Å². The predicted octanol–water partition coefficient (Wildman–Crippen LogP) is 2.68. The first-order valence-corrected chi connectivity index (χ1v) is 8.79. The average Bonchev–Trinajstić information content (AvgIpc) is 2.29. The van der Waals surface area contributed by atoms with Gasteiger partial charge in [-0.1, -0.05) is 19.9 Å². The Kier molecular flexibility index (Phi) is 6.02. The van der Waals surface area contributed by atoms with Crippen LogP contribution in [0.4, 0.5) is 0 Å². The molecule has 1 aromatic rings. The first-order valence-electron chi connectivity index (χ1n) is 6.96. The van der Waals surface area contributed by atoms with Gasteiger partial charge in [0.1, 0.15) is 5.75 Å². The summed E-state index contributed by atoms with van der Waals surface area (Å²) < 4.78 is 29.8. The molecule has 20 heavy (non-hydrogen) atoms. The average molecular weight is 299 g/mol. The van der Waals surface area contributed by atoms with E-state index in [1.54, 1.807) is 0 Å². The quantitative estimate of drug-likeness (QED) is 0.840. The number of rotatable bonds is 7. The highest BCUT2D eigenvalue weighted by Crippen LogP contribution is 2.25. The lowest BCUT2D eigenvalue weighted by Crippen LogP contribution is -2.15. The molecule has 1 aromatic carbocycles. The monoisotopic (exact) mass is 299 g/mol. The number of nitrogens with two attached hydrogens (primary N) is 1. The van der Waals surface area contributed by atoms with Gasteiger partial charge in [-0.3, -0.25) is 0 Å². The van der Waals surface area contributed by atoms with Crippen molar-refractivity contribution >= 4 is 9.84 Å². The van der Waals surface area contributed by atoms with Gasteiger partial charge in [0.15, 0.2) is 9.84 Å². The summed E-state index contributed by atoms with van der Waals surface area (Å²) in [5.74, 6) is 0.929. The summed E-state index contributed by atoms with van der Waals surface area (Å²) in [7, 11) is -3.14. The Morgan fingerprint density at radius 1 is 1.25 bits per heavy atom. The smallest absolute Gasteiger partial charge is 0.154 e. The normalized spacial score (nSPS) is 13.5. The van der Waals surface area contributed by atoms with E-state index in [4.69, 9.17) is 10.5 Å². The zero-order chi connectivity index (χ0) is 15.3. The molecule has 0 fully saturated rings. The van der Waals surface area contributed by atoms with Crippen molar-refractivity contribution in [3.8, 4) is 5.75 Å². The first kappa shape index (κ1) is 17.0. The topological polar surface area (TPSA) is 69.4 Å². The van der Waals surface area contributed by atoms with Gasteiger partial charge in [0.25, 0.3) is 0 Å². The number of ether oxygens (including phenoxy) is 1. The highest BCUT2D eigenvalue weighted by molar-refractivity contribution is 7.90. The Morgan fingerprint density at radius 2 is 1.90 bits per heavy atom. The zero-order valence-electron chi connectivity index (χ0n) is 12.7. The van der Waals surface area contributed by atoms with Gasteiger partial charge in [-0.15, -0.1) is 0 Å². The summed E-state index contributed by atoms with van der Waals surface area (Å²) >= 11 is 0. The maximum atomic E-state index is 12.2. The minimum absolute atomic E-state index is 0.00106. The molecule has 1 rings (SSSR count). The molecule has 0 aliphatic carbocycles. The second kappa shape index (κ2) is 7.09. The van der Waals surface area contributed by atoms with Crippen LogP contribution in [0.5, 0.6) is 5.75 Å². The molecule has 0 amide bonds. The minimum atomic E-state index is -3.14. The third kappa shape index (κ3) is 5.13. The molecular weight excluding hydrogens is 274 g/mol. The van der Waals surface area contributed by atoms with Gasteiger partial charge in [-0.25, -0.2) is 8.42 Å². The number of hydrogen-bond acceptors (Lipinski definition) is 4. The van der Waals surface area contributed by atoms with Gasteiger partial charge in [0.2, 0.25) is 0 Å². The molecule has 5 heteroatoms. The molecule has 0 aliphatic rings. The van der Waals surface area contributed by atoms with Crippen LogP contribution in [-0.4, -0.2) is 20.8 Å². The van der Waals surface area contributed by atoms with E-state index in [1.807, 2.05) is 45.9 Å². The van der Waals surface area contributed by atoms with Crippen molar-refractivity contribution in [1.82, 2.24) is 0 Å². The highest BCUT2D eigenvalue weighted by Gasteiger charge is 2.18. The van der Waals surface area contributed by atoms with Crippen molar-refractivity contribution in [1.29, 1.82) is 0 Å². The van der Waals surface area contributed by atoms with E-state index >= 15 is 0 Å². The van der Waals surface area contributed by atoms with Crippen molar-refractivity contribution in [3.63, 3.8) is 0 Å². The fraction of sp³-hybridized carbons (Fsp3) is 0.600. The van der Waals surface area contributed by atoms with Gasteiger partial charge in [-0.2, -0.15) is 0 Å². The van der Waals surface area contributed by atoms with Gasteiger partial charge in [0, 0.05) is 11.6 Å². The van der Waals surface area contributed by atoms with Crippen LogP contribution in [0.1, 0.15) is 44.9 Å². The number of benzene rings is 1. The third-order valence-electron chi connectivity index (χ3n) is 2.87. The highest BCUT2D eigenvalue weighted by atomic mass is 32.2. The summed E-state index contributed by atoms with van der Waals surface area (Å²) in [4.78, 5) is 0. The zero-order valence-corrected chi connectivity index (χ0v) is 13.5.